The minimum atomic E-state index is -0.764. The molecule has 4 nitrogen and oxygen atoms in total. The quantitative estimate of drug-likeness (QED) is 0.797. The number of nitrogens with zero attached hydrogens (tertiary/aromatic N) is 2. The fourth-order valence-electron chi connectivity index (χ4n) is 1.34. The molecular weight excluding hydrogens is 192 g/mol. The van der Waals surface area contributed by atoms with E-state index in [0.29, 0.717) is 6.54 Å². The van der Waals surface area contributed by atoms with Crippen molar-refractivity contribution in [2.45, 2.75) is 19.4 Å². The van der Waals surface area contributed by atoms with Crippen molar-refractivity contribution in [1.82, 2.24) is 9.88 Å². The molecule has 0 aliphatic carbocycles. The molecule has 1 heterocycles. The van der Waals surface area contributed by atoms with Crippen molar-refractivity contribution in [3.8, 4) is 0 Å². The van der Waals surface area contributed by atoms with E-state index < -0.39 is 5.97 Å². The third-order valence-corrected chi connectivity index (χ3v) is 2.51. The van der Waals surface area contributed by atoms with Gasteiger partial charge in [0.25, 0.3) is 0 Å². The van der Waals surface area contributed by atoms with Gasteiger partial charge in [-0.05, 0) is 25.6 Å². The van der Waals surface area contributed by atoms with Crippen LogP contribution in [0.1, 0.15) is 24.9 Å². The maximum absolute atomic E-state index is 10.4. The zero-order chi connectivity index (χ0) is 11.3. The van der Waals surface area contributed by atoms with Crippen molar-refractivity contribution >= 4 is 5.97 Å². The van der Waals surface area contributed by atoms with E-state index in [0.717, 1.165) is 5.56 Å². The number of pyridine rings is 1. The zero-order valence-electron chi connectivity index (χ0n) is 9.05. The first-order valence-electron chi connectivity index (χ1n) is 4.93. The molecule has 0 bridgehead atoms. The van der Waals surface area contributed by atoms with Gasteiger partial charge in [0.2, 0.25) is 0 Å². The molecule has 0 saturated heterocycles. The Balaban J connectivity index is 2.53. The summed E-state index contributed by atoms with van der Waals surface area (Å²) in [6, 6.07) is 4.07. The van der Waals surface area contributed by atoms with Gasteiger partial charge >= 0.3 is 5.97 Å². The lowest BCUT2D eigenvalue weighted by Crippen LogP contribution is -2.25. The first kappa shape index (κ1) is 11.7. The van der Waals surface area contributed by atoms with E-state index in [1.54, 1.807) is 6.20 Å². The van der Waals surface area contributed by atoms with Crippen molar-refractivity contribution in [2.24, 2.45) is 0 Å². The third-order valence-electron chi connectivity index (χ3n) is 2.51. The Hall–Kier alpha value is -1.42. The molecule has 1 aromatic heterocycles. The molecule has 0 aromatic carbocycles. The Bertz CT molecular complexity index is 314. The third kappa shape index (κ3) is 3.67. The predicted molar refractivity (Wildman–Crippen MR) is 57.5 cm³/mol. The molecule has 1 N–H and O–H groups in total. The van der Waals surface area contributed by atoms with E-state index in [2.05, 4.69) is 4.98 Å². The molecule has 0 saturated carbocycles. The summed E-state index contributed by atoms with van der Waals surface area (Å²) in [6.07, 6.45) is 3.70. The van der Waals surface area contributed by atoms with Gasteiger partial charge in [-0.25, -0.2) is 0 Å². The number of carboxylic acid groups (broad SMARTS) is 1. The van der Waals surface area contributed by atoms with Gasteiger partial charge in [0.15, 0.2) is 0 Å². The summed E-state index contributed by atoms with van der Waals surface area (Å²) in [5.41, 5.74) is 1.10. The molecule has 0 aliphatic heterocycles. The fraction of sp³-hybridized carbons (Fsp3) is 0.455. The lowest BCUT2D eigenvalue weighted by Gasteiger charge is -2.23. The molecule has 0 fully saturated rings. The summed E-state index contributed by atoms with van der Waals surface area (Å²) in [5.74, 6) is -0.764. The Kier molecular flexibility index (Phi) is 4.24. The molecule has 0 spiro atoms. The summed E-state index contributed by atoms with van der Waals surface area (Å²) < 4.78 is 0. The van der Waals surface area contributed by atoms with Crippen LogP contribution in [0.4, 0.5) is 0 Å². The maximum Gasteiger partial charge on any atom is 0.304 e. The minimum absolute atomic E-state index is 0.168. The number of aliphatic carboxylic acids is 1. The maximum atomic E-state index is 10.4. The SMILES string of the molecule is CC(c1cccnc1)N(C)CCC(=O)O. The Morgan fingerprint density at radius 3 is 2.93 bits per heavy atom. The Labute approximate surface area is 89.6 Å². The lowest BCUT2D eigenvalue weighted by atomic mass is 10.1. The summed E-state index contributed by atoms with van der Waals surface area (Å²) in [6.45, 7) is 2.59. The molecule has 1 atom stereocenters. The average Bonchev–Trinajstić information content (AvgIpc) is 2.26. The van der Waals surface area contributed by atoms with E-state index in [9.17, 15) is 4.79 Å². The number of rotatable bonds is 5. The minimum Gasteiger partial charge on any atom is -0.481 e. The summed E-state index contributed by atoms with van der Waals surface area (Å²) in [5, 5.41) is 8.58. The van der Waals surface area contributed by atoms with Crippen LogP contribution < -0.4 is 0 Å². The van der Waals surface area contributed by atoms with Gasteiger partial charge < -0.3 is 5.11 Å². The van der Waals surface area contributed by atoms with Crippen LogP contribution in [0, 0.1) is 0 Å². The largest absolute Gasteiger partial charge is 0.481 e. The highest BCUT2D eigenvalue weighted by Gasteiger charge is 2.12. The van der Waals surface area contributed by atoms with E-state index in [1.807, 2.05) is 37.2 Å². The number of hydrogen-bond donors (Lipinski definition) is 1. The molecule has 4 heteroatoms. The van der Waals surface area contributed by atoms with Crippen molar-refractivity contribution < 1.29 is 9.90 Å². The van der Waals surface area contributed by atoms with Gasteiger partial charge in [-0.2, -0.15) is 0 Å². The van der Waals surface area contributed by atoms with Gasteiger partial charge in [-0.1, -0.05) is 6.07 Å². The second kappa shape index (κ2) is 5.46. The highest BCUT2D eigenvalue weighted by Crippen LogP contribution is 2.16. The Morgan fingerprint density at radius 2 is 2.40 bits per heavy atom. The Morgan fingerprint density at radius 1 is 1.67 bits per heavy atom. The number of carboxylic acids is 1. The highest BCUT2D eigenvalue weighted by atomic mass is 16.4. The van der Waals surface area contributed by atoms with Crippen LogP contribution in [-0.4, -0.2) is 34.6 Å². The fourth-order valence-corrected chi connectivity index (χ4v) is 1.34. The van der Waals surface area contributed by atoms with Crippen molar-refractivity contribution in [2.75, 3.05) is 13.6 Å². The highest BCUT2D eigenvalue weighted by molar-refractivity contribution is 5.66. The average molecular weight is 208 g/mol. The van der Waals surface area contributed by atoms with Crippen molar-refractivity contribution in [3.05, 3.63) is 30.1 Å². The molecule has 82 valence electrons. The molecule has 0 radical (unpaired) electrons. The van der Waals surface area contributed by atoms with Crippen LogP contribution in [-0.2, 0) is 4.79 Å². The normalized spacial score (nSPS) is 12.7. The molecular formula is C11H16N2O2. The van der Waals surface area contributed by atoms with Crippen LogP contribution in [0.5, 0.6) is 0 Å². The number of hydrogen-bond acceptors (Lipinski definition) is 3. The predicted octanol–water partition coefficient (Wildman–Crippen LogP) is 1.55. The van der Waals surface area contributed by atoms with E-state index in [4.69, 9.17) is 5.11 Å². The topological polar surface area (TPSA) is 53.4 Å². The molecule has 1 aromatic rings. The van der Waals surface area contributed by atoms with Crippen molar-refractivity contribution in [1.29, 1.82) is 0 Å². The molecule has 1 rings (SSSR count). The monoisotopic (exact) mass is 208 g/mol. The van der Waals surface area contributed by atoms with Gasteiger partial charge in [0, 0.05) is 25.0 Å². The van der Waals surface area contributed by atoms with Crippen LogP contribution in [0.15, 0.2) is 24.5 Å². The molecule has 0 aliphatic rings. The van der Waals surface area contributed by atoms with Crippen LogP contribution in [0.3, 0.4) is 0 Å². The molecule has 0 amide bonds. The number of carbonyl (C=O) groups is 1. The number of aromatic nitrogens is 1. The zero-order valence-corrected chi connectivity index (χ0v) is 9.05. The van der Waals surface area contributed by atoms with Gasteiger partial charge in [-0.3, -0.25) is 14.7 Å². The standard InChI is InChI=1S/C11H16N2O2/c1-9(10-4-3-6-12-8-10)13(2)7-5-11(14)15/h3-4,6,8-9H,5,7H2,1-2H3,(H,14,15). The van der Waals surface area contributed by atoms with E-state index in [-0.39, 0.29) is 12.5 Å². The first-order chi connectivity index (χ1) is 7.11. The van der Waals surface area contributed by atoms with Crippen LogP contribution in [0.2, 0.25) is 0 Å². The lowest BCUT2D eigenvalue weighted by molar-refractivity contribution is -0.137. The summed E-state index contributed by atoms with van der Waals surface area (Å²) >= 11 is 0. The second-order valence-corrected chi connectivity index (χ2v) is 3.59. The van der Waals surface area contributed by atoms with Gasteiger partial charge in [-0.15, -0.1) is 0 Å². The second-order valence-electron chi connectivity index (χ2n) is 3.59. The summed E-state index contributed by atoms with van der Waals surface area (Å²) in [7, 11) is 1.92. The van der Waals surface area contributed by atoms with E-state index in [1.165, 1.54) is 0 Å². The van der Waals surface area contributed by atoms with Gasteiger partial charge in [0.05, 0.1) is 6.42 Å². The molecule has 15 heavy (non-hydrogen) atoms. The first-order valence-corrected chi connectivity index (χ1v) is 4.93. The van der Waals surface area contributed by atoms with Crippen LogP contribution >= 0.6 is 0 Å². The van der Waals surface area contributed by atoms with Crippen molar-refractivity contribution in [3.63, 3.8) is 0 Å². The van der Waals surface area contributed by atoms with E-state index >= 15 is 0 Å². The summed E-state index contributed by atoms with van der Waals surface area (Å²) in [4.78, 5) is 16.5. The smallest absolute Gasteiger partial charge is 0.304 e. The molecule has 1 unspecified atom stereocenters. The van der Waals surface area contributed by atoms with Crippen LogP contribution in [0.25, 0.3) is 0 Å². The van der Waals surface area contributed by atoms with Gasteiger partial charge in [0.1, 0.15) is 0 Å².